The molecular formula is C25H22N8O4. The quantitative estimate of drug-likeness (QED) is 0.389. The summed E-state index contributed by atoms with van der Waals surface area (Å²) in [7, 11) is 0. The maximum Gasteiger partial charge on any atom is 0.273 e. The Balaban J connectivity index is 1.16. The number of rotatable bonds is 5. The monoisotopic (exact) mass is 498 g/mol. The van der Waals surface area contributed by atoms with E-state index in [9.17, 15) is 19.2 Å². The maximum absolute atomic E-state index is 12.9. The second-order valence-corrected chi connectivity index (χ2v) is 9.03. The van der Waals surface area contributed by atoms with E-state index < -0.39 is 11.9 Å². The zero-order valence-electron chi connectivity index (χ0n) is 19.8. The van der Waals surface area contributed by atoms with Gasteiger partial charge in [0, 0.05) is 24.7 Å². The van der Waals surface area contributed by atoms with Crippen LogP contribution in [0.4, 0.5) is 0 Å². The summed E-state index contributed by atoms with van der Waals surface area (Å²) >= 11 is 0. The lowest BCUT2D eigenvalue weighted by molar-refractivity contribution is -0.136. The molecule has 0 saturated carbocycles. The van der Waals surface area contributed by atoms with Crippen LogP contribution in [-0.4, -0.2) is 58.9 Å². The molecular weight excluding hydrogens is 476 g/mol. The lowest BCUT2D eigenvalue weighted by atomic mass is 10.0. The van der Waals surface area contributed by atoms with E-state index in [0.29, 0.717) is 17.7 Å². The first kappa shape index (κ1) is 22.6. The molecule has 0 radical (unpaired) electrons. The summed E-state index contributed by atoms with van der Waals surface area (Å²) in [6, 6.07) is 10.3. The molecule has 6 rings (SSSR count). The summed E-state index contributed by atoms with van der Waals surface area (Å²) in [5.74, 6) is -0.592. The number of hydrogen-bond donors (Lipinski definition) is 2. The first-order valence-corrected chi connectivity index (χ1v) is 11.8. The van der Waals surface area contributed by atoms with Crippen LogP contribution >= 0.6 is 0 Å². The number of fused-ring (bicyclic) bond motifs is 2. The van der Waals surface area contributed by atoms with E-state index in [4.69, 9.17) is 0 Å². The lowest BCUT2D eigenvalue weighted by Crippen LogP contribution is -2.52. The molecule has 0 bridgehead atoms. The highest BCUT2D eigenvalue weighted by Gasteiger charge is 2.39. The van der Waals surface area contributed by atoms with Crippen molar-refractivity contribution in [1.82, 2.24) is 39.9 Å². The number of benzene rings is 1. The number of imidazole rings is 1. The van der Waals surface area contributed by atoms with Gasteiger partial charge in [0.05, 0.1) is 29.6 Å². The Bertz CT molecular complexity index is 1600. The molecule has 2 N–H and O–H groups in total. The minimum Gasteiger partial charge on any atom is -0.345 e. The third-order valence-corrected chi connectivity index (χ3v) is 6.72. The highest BCUT2D eigenvalue weighted by atomic mass is 16.2. The number of hydrogen-bond acceptors (Lipinski definition) is 7. The van der Waals surface area contributed by atoms with Crippen LogP contribution in [0.3, 0.4) is 0 Å². The van der Waals surface area contributed by atoms with Crippen LogP contribution in [0.2, 0.25) is 0 Å². The largest absolute Gasteiger partial charge is 0.345 e. The van der Waals surface area contributed by atoms with Crippen molar-refractivity contribution in [2.45, 2.75) is 38.9 Å². The first-order valence-electron chi connectivity index (χ1n) is 11.8. The zero-order valence-corrected chi connectivity index (χ0v) is 19.8. The van der Waals surface area contributed by atoms with Crippen LogP contribution in [0.15, 0.2) is 48.8 Å². The molecule has 2 aliphatic rings. The number of carbonyl (C=O) groups is 4. The third-order valence-electron chi connectivity index (χ3n) is 6.72. The van der Waals surface area contributed by atoms with Gasteiger partial charge in [-0.15, -0.1) is 5.10 Å². The molecule has 0 aliphatic carbocycles. The molecule has 3 aromatic heterocycles. The van der Waals surface area contributed by atoms with Crippen molar-refractivity contribution in [3.63, 3.8) is 0 Å². The molecule has 37 heavy (non-hydrogen) atoms. The van der Waals surface area contributed by atoms with Gasteiger partial charge in [-0.2, -0.15) is 0 Å². The second-order valence-electron chi connectivity index (χ2n) is 9.03. The van der Waals surface area contributed by atoms with Gasteiger partial charge in [0.25, 0.3) is 11.8 Å². The molecule has 186 valence electrons. The van der Waals surface area contributed by atoms with E-state index in [0.717, 1.165) is 22.6 Å². The molecule has 1 saturated heterocycles. The standard InChI is InChI=1S/C25H22N8O4/c1-14-27-18(20-4-2-3-9-31(14)20)11-26-23(35)19-13-33(30-29-19)16-5-6-17-15(10-16)12-32(25(17)37)21-7-8-22(34)28-24(21)36/h2-6,9-10,13,21H,7-8,11-12H2,1H3,(H,26,35)(H,28,34,36). The van der Waals surface area contributed by atoms with Crippen LogP contribution in [0.25, 0.3) is 11.2 Å². The number of nitrogens with one attached hydrogen (secondary N) is 2. The Kier molecular flexibility index (Phi) is 5.29. The van der Waals surface area contributed by atoms with Crippen molar-refractivity contribution in [1.29, 1.82) is 0 Å². The van der Waals surface area contributed by atoms with E-state index in [1.807, 2.05) is 35.7 Å². The van der Waals surface area contributed by atoms with E-state index >= 15 is 0 Å². The van der Waals surface area contributed by atoms with E-state index in [2.05, 4.69) is 25.9 Å². The second kappa shape index (κ2) is 8.66. The molecule has 1 fully saturated rings. The van der Waals surface area contributed by atoms with Crippen LogP contribution in [-0.2, 0) is 22.7 Å². The Morgan fingerprint density at radius 2 is 2.05 bits per heavy atom. The number of aryl methyl sites for hydroxylation is 1. The lowest BCUT2D eigenvalue weighted by Gasteiger charge is -2.29. The zero-order chi connectivity index (χ0) is 25.7. The number of amides is 4. The fraction of sp³-hybridized carbons (Fsp3) is 0.240. The van der Waals surface area contributed by atoms with Gasteiger partial charge in [-0.05, 0) is 49.2 Å². The summed E-state index contributed by atoms with van der Waals surface area (Å²) in [5, 5.41) is 13.2. The van der Waals surface area contributed by atoms with Crippen LogP contribution in [0.1, 0.15) is 50.8 Å². The third kappa shape index (κ3) is 3.92. The van der Waals surface area contributed by atoms with Crippen LogP contribution in [0.5, 0.6) is 0 Å². The van der Waals surface area contributed by atoms with Crippen LogP contribution < -0.4 is 10.6 Å². The molecule has 2 aliphatic heterocycles. The summed E-state index contributed by atoms with van der Waals surface area (Å²) < 4.78 is 3.42. The summed E-state index contributed by atoms with van der Waals surface area (Å²) in [6.45, 7) is 2.39. The van der Waals surface area contributed by atoms with Crippen molar-refractivity contribution in [2.75, 3.05) is 0 Å². The topological polar surface area (TPSA) is 144 Å². The van der Waals surface area contributed by atoms with Gasteiger partial charge in [0.1, 0.15) is 11.9 Å². The molecule has 5 heterocycles. The summed E-state index contributed by atoms with van der Waals surface area (Å²) in [4.78, 5) is 55.4. The molecule has 4 amide bonds. The normalized spacial score (nSPS) is 17.3. The van der Waals surface area contributed by atoms with E-state index in [1.54, 1.807) is 18.2 Å². The molecule has 4 aromatic rings. The van der Waals surface area contributed by atoms with Crippen molar-refractivity contribution >= 4 is 29.1 Å². The van der Waals surface area contributed by atoms with Gasteiger partial charge in [-0.3, -0.25) is 24.5 Å². The fourth-order valence-electron chi connectivity index (χ4n) is 4.85. The summed E-state index contributed by atoms with van der Waals surface area (Å²) in [5.41, 5.74) is 3.66. The number of carbonyl (C=O) groups excluding carboxylic acids is 4. The number of imide groups is 1. The van der Waals surface area contributed by atoms with E-state index in [-0.39, 0.29) is 42.9 Å². The molecule has 12 nitrogen and oxygen atoms in total. The predicted octanol–water partition coefficient (Wildman–Crippen LogP) is 0.914. The fourth-order valence-corrected chi connectivity index (χ4v) is 4.85. The van der Waals surface area contributed by atoms with Gasteiger partial charge < -0.3 is 14.6 Å². The average molecular weight is 499 g/mol. The Morgan fingerprint density at radius 1 is 1.19 bits per heavy atom. The Labute approximate surface area is 210 Å². The van der Waals surface area contributed by atoms with Gasteiger partial charge >= 0.3 is 0 Å². The van der Waals surface area contributed by atoms with Crippen molar-refractivity contribution in [3.8, 4) is 5.69 Å². The van der Waals surface area contributed by atoms with Crippen molar-refractivity contribution in [3.05, 3.63) is 77.1 Å². The van der Waals surface area contributed by atoms with E-state index in [1.165, 1.54) is 15.8 Å². The van der Waals surface area contributed by atoms with Gasteiger partial charge in [-0.25, -0.2) is 9.67 Å². The minimum absolute atomic E-state index is 0.141. The molecule has 1 aromatic carbocycles. The number of pyridine rings is 1. The minimum atomic E-state index is -0.682. The van der Waals surface area contributed by atoms with Gasteiger partial charge in [0.2, 0.25) is 11.8 Å². The number of aromatic nitrogens is 5. The smallest absolute Gasteiger partial charge is 0.273 e. The molecule has 0 spiro atoms. The molecule has 1 atom stereocenters. The number of nitrogens with zero attached hydrogens (tertiary/aromatic N) is 6. The van der Waals surface area contributed by atoms with Gasteiger partial charge in [0.15, 0.2) is 5.69 Å². The molecule has 12 heteroatoms. The first-order chi connectivity index (χ1) is 17.9. The average Bonchev–Trinajstić information content (AvgIpc) is 3.59. The van der Waals surface area contributed by atoms with Crippen molar-refractivity contribution in [2.24, 2.45) is 0 Å². The van der Waals surface area contributed by atoms with Gasteiger partial charge in [-0.1, -0.05) is 11.3 Å². The SMILES string of the molecule is Cc1nc(CNC(=O)c2cn(-c3ccc4c(c3)CN(C3CCC(=O)NC3=O)C4=O)nn2)c2ccccn12. The maximum atomic E-state index is 12.9. The predicted molar refractivity (Wildman–Crippen MR) is 129 cm³/mol. The Hall–Kier alpha value is -4.87. The van der Waals surface area contributed by atoms with Crippen LogP contribution in [0, 0.1) is 6.92 Å². The highest BCUT2D eigenvalue weighted by molar-refractivity contribution is 6.05. The van der Waals surface area contributed by atoms with Crippen molar-refractivity contribution < 1.29 is 19.2 Å². The summed E-state index contributed by atoms with van der Waals surface area (Å²) in [6.07, 6.45) is 3.93. The highest BCUT2D eigenvalue weighted by Crippen LogP contribution is 2.29. The Morgan fingerprint density at radius 3 is 2.89 bits per heavy atom. The number of piperidine rings is 1. The molecule has 1 unspecified atom stereocenters.